The summed E-state index contributed by atoms with van der Waals surface area (Å²) in [6.07, 6.45) is 4.98. The Morgan fingerprint density at radius 1 is 1.22 bits per heavy atom. The van der Waals surface area contributed by atoms with Crippen molar-refractivity contribution in [1.82, 2.24) is 15.2 Å². The zero-order chi connectivity index (χ0) is 16.1. The molecule has 1 aromatic heterocycles. The first-order valence-corrected chi connectivity index (χ1v) is 8.23. The summed E-state index contributed by atoms with van der Waals surface area (Å²) in [5.41, 5.74) is 2.35. The first-order chi connectivity index (χ1) is 11.2. The predicted octanol–water partition coefficient (Wildman–Crippen LogP) is 2.67. The van der Waals surface area contributed by atoms with Gasteiger partial charge < -0.3 is 10.2 Å². The van der Waals surface area contributed by atoms with Gasteiger partial charge in [-0.25, -0.2) is 0 Å². The number of likely N-dealkylation sites (tertiary alicyclic amines) is 1. The van der Waals surface area contributed by atoms with Gasteiger partial charge in [0.1, 0.15) is 0 Å². The van der Waals surface area contributed by atoms with E-state index in [2.05, 4.69) is 10.3 Å². The maximum atomic E-state index is 12.1. The molecular weight excluding hydrogens is 310 g/mol. The number of nitrogens with one attached hydrogen (secondary N) is 1. The topological polar surface area (TPSA) is 45.2 Å². The van der Waals surface area contributed by atoms with Crippen molar-refractivity contribution in [3.63, 3.8) is 0 Å². The van der Waals surface area contributed by atoms with Crippen molar-refractivity contribution in [2.45, 2.75) is 25.4 Å². The summed E-state index contributed by atoms with van der Waals surface area (Å²) in [6, 6.07) is 12.0. The third kappa shape index (κ3) is 4.53. The van der Waals surface area contributed by atoms with Gasteiger partial charge in [-0.05, 0) is 41.8 Å². The standard InChI is InChI=1S/C18H20ClN3O/c19-16-3-1-2-14(10-16)6-9-22-13-17(11-18(22)23)21-12-15-4-7-20-8-5-15/h1-5,7-8,10,17,21H,6,9,11-13H2/t17-/m1/s1. The van der Waals surface area contributed by atoms with E-state index >= 15 is 0 Å². The fourth-order valence-electron chi connectivity index (χ4n) is 2.84. The number of hydrogen-bond donors (Lipinski definition) is 1. The Labute approximate surface area is 141 Å². The summed E-state index contributed by atoms with van der Waals surface area (Å²) in [4.78, 5) is 18.1. The van der Waals surface area contributed by atoms with Gasteiger partial charge in [0.15, 0.2) is 0 Å². The molecule has 23 heavy (non-hydrogen) atoms. The van der Waals surface area contributed by atoms with Crippen LogP contribution in [0.4, 0.5) is 0 Å². The molecule has 2 heterocycles. The van der Waals surface area contributed by atoms with Gasteiger partial charge in [0.25, 0.3) is 0 Å². The Morgan fingerprint density at radius 2 is 2.04 bits per heavy atom. The Morgan fingerprint density at radius 3 is 2.83 bits per heavy atom. The van der Waals surface area contributed by atoms with E-state index in [1.54, 1.807) is 12.4 Å². The molecule has 3 rings (SSSR count). The van der Waals surface area contributed by atoms with E-state index in [0.717, 1.165) is 31.1 Å². The van der Waals surface area contributed by atoms with E-state index in [-0.39, 0.29) is 11.9 Å². The fourth-order valence-corrected chi connectivity index (χ4v) is 3.06. The van der Waals surface area contributed by atoms with Crippen LogP contribution in [-0.4, -0.2) is 34.9 Å². The molecule has 1 atom stereocenters. The number of rotatable bonds is 6. The number of nitrogens with zero attached hydrogens (tertiary/aromatic N) is 2. The monoisotopic (exact) mass is 329 g/mol. The number of amides is 1. The van der Waals surface area contributed by atoms with E-state index < -0.39 is 0 Å². The summed E-state index contributed by atoms with van der Waals surface area (Å²) in [7, 11) is 0. The summed E-state index contributed by atoms with van der Waals surface area (Å²) in [5, 5.41) is 4.20. The van der Waals surface area contributed by atoms with Crippen LogP contribution in [0.5, 0.6) is 0 Å². The number of carbonyl (C=O) groups is 1. The van der Waals surface area contributed by atoms with E-state index in [9.17, 15) is 4.79 Å². The van der Waals surface area contributed by atoms with E-state index in [4.69, 9.17) is 11.6 Å². The molecule has 0 bridgehead atoms. The lowest BCUT2D eigenvalue weighted by molar-refractivity contribution is -0.127. The molecule has 4 nitrogen and oxygen atoms in total. The number of aromatic nitrogens is 1. The molecule has 2 aromatic rings. The minimum absolute atomic E-state index is 0.218. The average Bonchev–Trinajstić information content (AvgIpc) is 2.92. The second kappa shape index (κ2) is 7.57. The molecular formula is C18H20ClN3O. The lowest BCUT2D eigenvalue weighted by Crippen LogP contribution is -2.33. The third-order valence-corrected chi connectivity index (χ3v) is 4.35. The minimum atomic E-state index is 0.218. The van der Waals surface area contributed by atoms with Crippen LogP contribution in [0.3, 0.4) is 0 Å². The third-order valence-electron chi connectivity index (χ3n) is 4.12. The van der Waals surface area contributed by atoms with Crippen molar-refractivity contribution in [3.05, 3.63) is 64.9 Å². The van der Waals surface area contributed by atoms with Gasteiger partial charge in [0.2, 0.25) is 5.91 Å². The molecule has 1 saturated heterocycles. The molecule has 1 aliphatic rings. The van der Waals surface area contributed by atoms with Gasteiger partial charge in [-0.15, -0.1) is 0 Å². The quantitative estimate of drug-likeness (QED) is 0.886. The molecule has 1 N–H and O–H groups in total. The average molecular weight is 330 g/mol. The molecule has 0 unspecified atom stereocenters. The molecule has 0 aliphatic carbocycles. The Bertz CT molecular complexity index is 662. The SMILES string of the molecule is O=C1C[C@@H](NCc2ccncc2)CN1CCc1cccc(Cl)c1. The lowest BCUT2D eigenvalue weighted by atomic mass is 10.1. The molecule has 0 spiro atoms. The summed E-state index contributed by atoms with van der Waals surface area (Å²) >= 11 is 6.00. The van der Waals surface area contributed by atoms with E-state index in [1.807, 2.05) is 41.3 Å². The molecule has 1 aromatic carbocycles. The lowest BCUT2D eigenvalue weighted by Gasteiger charge is -2.17. The zero-order valence-corrected chi connectivity index (χ0v) is 13.7. The number of hydrogen-bond acceptors (Lipinski definition) is 3. The van der Waals surface area contributed by atoms with Crippen molar-refractivity contribution in [1.29, 1.82) is 0 Å². The fraction of sp³-hybridized carbons (Fsp3) is 0.333. The Hall–Kier alpha value is -1.91. The maximum Gasteiger partial charge on any atom is 0.224 e. The van der Waals surface area contributed by atoms with Gasteiger partial charge in [-0.2, -0.15) is 0 Å². The van der Waals surface area contributed by atoms with Crippen LogP contribution in [-0.2, 0) is 17.8 Å². The first kappa shape index (κ1) is 16.0. The van der Waals surface area contributed by atoms with Gasteiger partial charge in [-0.1, -0.05) is 23.7 Å². The van der Waals surface area contributed by atoms with Crippen LogP contribution in [0.2, 0.25) is 5.02 Å². The smallest absolute Gasteiger partial charge is 0.224 e. The largest absolute Gasteiger partial charge is 0.341 e. The summed E-state index contributed by atoms with van der Waals surface area (Å²) in [5.74, 6) is 0.222. The maximum absolute atomic E-state index is 12.1. The Balaban J connectivity index is 1.47. The number of pyridine rings is 1. The number of halogens is 1. The normalized spacial score (nSPS) is 17.7. The van der Waals surface area contributed by atoms with Crippen molar-refractivity contribution in [3.8, 4) is 0 Å². The highest BCUT2D eigenvalue weighted by molar-refractivity contribution is 6.30. The van der Waals surface area contributed by atoms with Gasteiger partial charge in [0.05, 0.1) is 0 Å². The highest BCUT2D eigenvalue weighted by Crippen LogP contribution is 2.15. The Kier molecular flexibility index (Phi) is 5.26. The van der Waals surface area contributed by atoms with Crippen molar-refractivity contribution in [2.75, 3.05) is 13.1 Å². The van der Waals surface area contributed by atoms with Crippen LogP contribution in [0.25, 0.3) is 0 Å². The van der Waals surface area contributed by atoms with Gasteiger partial charge >= 0.3 is 0 Å². The van der Waals surface area contributed by atoms with Crippen molar-refractivity contribution >= 4 is 17.5 Å². The molecule has 1 aliphatic heterocycles. The summed E-state index contributed by atoms with van der Waals surface area (Å²) < 4.78 is 0. The second-order valence-corrected chi connectivity index (χ2v) is 6.29. The predicted molar refractivity (Wildman–Crippen MR) is 91.2 cm³/mol. The molecule has 0 saturated carbocycles. The summed E-state index contributed by atoms with van der Waals surface area (Å²) in [6.45, 7) is 2.28. The molecule has 120 valence electrons. The van der Waals surface area contributed by atoms with Crippen LogP contribution < -0.4 is 5.32 Å². The van der Waals surface area contributed by atoms with E-state index in [0.29, 0.717) is 6.42 Å². The number of carbonyl (C=O) groups excluding carboxylic acids is 1. The molecule has 1 fully saturated rings. The molecule has 5 heteroatoms. The van der Waals surface area contributed by atoms with Gasteiger partial charge in [0, 0.05) is 49.5 Å². The van der Waals surface area contributed by atoms with Crippen LogP contribution in [0.1, 0.15) is 17.5 Å². The van der Waals surface area contributed by atoms with Crippen LogP contribution in [0.15, 0.2) is 48.8 Å². The first-order valence-electron chi connectivity index (χ1n) is 7.85. The van der Waals surface area contributed by atoms with Gasteiger partial charge in [-0.3, -0.25) is 9.78 Å². The second-order valence-electron chi connectivity index (χ2n) is 5.86. The molecule has 0 radical (unpaired) electrons. The van der Waals surface area contributed by atoms with Crippen LogP contribution in [0, 0.1) is 0 Å². The van der Waals surface area contributed by atoms with E-state index in [1.165, 1.54) is 11.1 Å². The van der Waals surface area contributed by atoms with Crippen molar-refractivity contribution < 1.29 is 4.79 Å². The highest BCUT2D eigenvalue weighted by atomic mass is 35.5. The highest BCUT2D eigenvalue weighted by Gasteiger charge is 2.28. The van der Waals surface area contributed by atoms with Crippen molar-refractivity contribution in [2.24, 2.45) is 0 Å². The van der Waals surface area contributed by atoms with Crippen LogP contribution >= 0.6 is 11.6 Å². The number of benzene rings is 1. The zero-order valence-electron chi connectivity index (χ0n) is 12.9. The minimum Gasteiger partial charge on any atom is -0.341 e. The molecule has 1 amide bonds.